The van der Waals surface area contributed by atoms with Gasteiger partial charge in [0.05, 0.1) is 18.6 Å². The first-order valence-corrected chi connectivity index (χ1v) is 11.4. The van der Waals surface area contributed by atoms with E-state index in [-0.39, 0.29) is 0 Å². The van der Waals surface area contributed by atoms with Crippen LogP contribution in [0.5, 0.6) is 0 Å². The lowest BCUT2D eigenvalue weighted by Crippen LogP contribution is -2.35. The molecule has 0 bridgehead atoms. The summed E-state index contributed by atoms with van der Waals surface area (Å²) in [6.45, 7) is 1.65. The fourth-order valence-electron chi connectivity index (χ4n) is 4.19. The van der Waals surface area contributed by atoms with Gasteiger partial charge in [0.2, 0.25) is 0 Å². The van der Waals surface area contributed by atoms with Crippen LogP contribution in [-0.2, 0) is 38.9 Å². The maximum atomic E-state index is 11.0. The van der Waals surface area contributed by atoms with Crippen LogP contribution in [0.25, 0.3) is 11.2 Å². The van der Waals surface area contributed by atoms with Gasteiger partial charge in [0.1, 0.15) is 30.2 Å². The van der Waals surface area contributed by atoms with E-state index >= 15 is 0 Å². The van der Waals surface area contributed by atoms with Gasteiger partial charge >= 0.3 is 10.3 Å². The molecule has 3 aromatic rings. The number of fused-ring (bicyclic) bond motifs is 2. The second-order valence-electron chi connectivity index (χ2n) is 7.88. The lowest BCUT2D eigenvalue weighted by atomic mass is 10.1. The molecule has 1 saturated heterocycles. The summed E-state index contributed by atoms with van der Waals surface area (Å²) in [6, 6.07) is 8.27. The molecule has 5 rings (SSSR count). The van der Waals surface area contributed by atoms with Crippen molar-refractivity contribution in [3.8, 4) is 0 Å². The van der Waals surface area contributed by atoms with Crippen LogP contribution in [0, 0.1) is 0 Å². The highest BCUT2D eigenvalue weighted by atomic mass is 32.2. The smallest absolute Gasteiger partial charge is 0.333 e. The highest BCUT2D eigenvalue weighted by molar-refractivity contribution is 7.84. The number of ether oxygens (including phenoxy) is 1. The Kier molecular flexibility index (Phi) is 5.41. The molecule has 0 radical (unpaired) electrons. The number of hydrogen-bond donors (Lipinski definition) is 3. The second-order valence-corrected chi connectivity index (χ2v) is 9.10. The third-order valence-corrected chi connectivity index (χ3v) is 6.19. The Morgan fingerprint density at radius 2 is 1.84 bits per heavy atom. The summed E-state index contributed by atoms with van der Waals surface area (Å²) in [5, 5.41) is 25.6. The average Bonchev–Trinajstić information content (AvgIpc) is 3.43. The molecule has 4 heterocycles. The van der Waals surface area contributed by atoms with Gasteiger partial charge in [-0.25, -0.2) is 20.1 Å². The zero-order chi connectivity index (χ0) is 22.5. The van der Waals surface area contributed by atoms with Gasteiger partial charge in [-0.1, -0.05) is 24.3 Å². The Bertz CT molecular complexity index is 1230. The van der Waals surface area contributed by atoms with E-state index in [1.807, 2.05) is 12.1 Å². The van der Waals surface area contributed by atoms with E-state index in [9.17, 15) is 18.6 Å². The summed E-state index contributed by atoms with van der Waals surface area (Å²) < 4.78 is 33.7. The van der Waals surface area contributed by atoms with E-state index in [1.54, 1.807) is 0 Å². The second kappa shape index (κ2) is 8.12. The summed E-state index contributed by atoms with van der Waals surface area (Å²) in [5.74, 6) is 0. The topological polar surface area (TPSA) is 166 Å². The predicted molar refractivity (Wildman–Crippen MR) is 110 cm³/mol. The summed E-state index contributed by atoms with van der Waals surface area (Å²) in [6.07, 6.45) is -2.02. The predicted octanol–water partition coefficient (Wildman–Crippen LogP) is -0.819. The van der Waals surface area contributed by atoms with Gasteiger partial charge < -0.3 is 14.9 Å². The van der Waals surface area contributed by atoms with Crippen LogP contribution in [0.1, 0.15) is 23.0 Å². The first-order valence-electron chi connectivity index (χ1n) is 9.94. The quantitative estimate of drug-likeness (QED) is 0.421. The van der Waals surface area contributed by atoms with Crippen molar-refractivity contribution < 1.29 is 27.6 Å². The molecular formula is C19H22N6O6S. The van der Waals surface area contributed by atoms with Crippen LogP contribution in [0.2, 0.25) is 0 Å². The van der Waals surface area contributed by atoms with Gasteiger partial charge in [-0.05, 0) is 11.1 Å². The maximum absolute atomic E-state index is 11.0. The van der Waals surface area contributed by atoms with Gasteiger partial charge in [0.15, 0.2) is 11.9 Å². The van der Waals surface area contributed by atoms with Crippen molar-refractivity contribution in [1.29, 1.82) is 0 Å². The highest BCUT2D eigenvalue weighted by Crippen LogP contribution is 2.32. The molecule has 0 aliphatic carbocycles. The molecule has 0 saturated carbocycles. The number of aliphatic hydroxyl groups excluding tert-OH is 2. The van der Waals surface area contributed by atoms with Crippen molar-refractivity contribution in [3.63, 3.8) is 0 Å². The normalized spacial score (nSPS) is 26.1. The molecule has 1 fully saturated rings. The van der Waals surface area contributed by atoms with Crippen LogP contribution < -0.4 is 5.14 Å². The molecule has 2 aliphatic heterocycles. The molecule has 4 N–H and O–H groups in total. The van der Waals surface area contributed by atoms with Gasteiger partial charge in [0, 0.05) is 19.6 Å². The van der Waals surface area contributed by atoms with Crippen molar-refractivity contribution in [1.82, 2.24) is 24.4 Å². The Labute approximate surface area is 183 Å². The van der Waals surface area contributed by atoms with E-state index in [4.69, 9.17) is 9.88 Å². The van der Waals surface area contributed by atoms with E-state index in [0.717, 1.165) is 18.8 Å². The molecule has 12 nitrogen and oxygen atoms in total. The minimum absolute atomic E-state index is 0.427. The average molecular weight is 462 g/mol. The van der Waals surface area contributed by atoms with Gasteiger partial charge in [-0.15, -0.1) is 0 Å². The third kappa shape index (κ3) is 3.99. The van der Waals surface area contributed by atoms with Crippen molar-refractivity contribution in [3.05, 3.63) is 53.7 Å². The van der Waals surface area contributed by atoms with Crippen molar-refractivity contribution in [2.45, 2.75) is 44.2 Å². The SMILES string of the molecule is NS(=O)(=O)OC[C@H]1O[C@@H](n2cnc3c(CN4Cc5ccccc5C4)ncnc32)[C@H](O)[C@@H]1O. The number of aliphatic hydroxyl groups is 2. The zero-order valence-electron chi connectivity index (χ0n) is 16.9. The standard InChI is InChI=1S/C19H22N6O6S/c20-32(28,29)30-8-14-16(26)17(27)19(31-14)25-10-23-15-13(21-9-22-18(15)25)7-24-5-11-3-1-2-4-12(11)6-24/h1-4,9-10,14,16-17,19,26-27H,5-8H2,(H2,20,28,29)/t14-,16-,17-,19-/m1/s1. The summed E-state index contributed by atoms with van der Waals surface area (Å²) in [7, 11) is -4.21. The minimum atomic E-state index is -4.21. The molecule has 2 aliphatic rings. The van der Waals surface area contributed by atoms with E-state index in [1.165, 1.54) is 28.3 Å². The highest BCUT2D eigenvalue weighted by Gasteiger charge is 2.45. The van der Waals surface area contributed by atoms with Crippen LogP contribution in [0.4, 0.5) is 0 Å². The van der Waals surface area contributed by atoms with Crippen molar-refractivity contribution in [2.75, 3.05) is 6.61 Å². The van der Waals surface area contributed by atoms with Crippen LogP contribution in [0.3, 0.4) is 0 Å². The first kappa shape index (κ1) is 21.3. The molecule has 2 aromatic heterocycles. The largest absolute Gasteiger partial charge is 0.387 e. The lowest BCUT2D eigenvalue weighted by Gasteiger charge is -2.17. The van der Waals surface area contributed by atoms with Crippen LogP contribution in [-0.4, -0.2) is 68.0 Å². The number of hydrogen-bond acceptors (Lipinski definition) is 10. The Morgan fingerprint density at radius 3 is 2.53 bits per heavy atom. The molecule has 32 heavy (non-hydrogen) atoms. The summed E-state index contributed by atoms with van der Waals surface area (Å²) in [5.41, 5.74) is 4.28. The molecule has 0 amide bonds. The number of nitrogens with two attached hydrogens (primary N) is 1. The summed E-state index contributed by atoms with van der Waals surface area (Å²) in [4.78, 5) is 15.3. The fraction of sp³-hybridized carbons (Fsp3) is 0.421. The van der Waals surface area contributed by atoms with Gasteiger partial charge in [-0.3, -0.25) is 13.7 Å². The van der Waals surface area contributed by atoms with Crippen LogP contribution >= 0.6 is 0 Å². The maximum Gasteiger partial charge on any atom is 0.333 e. The van der Waals surface area contributed by atoms with Gasteiger partial charge in [0.25, 0.3) is 0 Å². The van der Waals surface area contributed by atoms with Crippen LogP contribution in [0.15, 0.2) is 36.9 Å². The van der Waals surface area contributed by atoms with E-state index in [0.29, 0.717) is 17.7 Å². The lowest BCUT2D eigenvalue weighted by molar-refractivity contribution is -0.0467. The molecule has 0 unspecified atom stereocenters. The number of nitrogens with zero attached hydrogens (tertiary/aromatic N) is 5. The number of aromatic nitrogens is 4. The number of benzene rings is 1. The van der Waals surface area contributed by atoms with E-state index < -0.39 is 41.5 Å². The molecule has 4 atom stereocenters. The zero-order valence-corrected chi connectivity index (χ0v) is 17.7. The Morgan fingerprint density at radius 1 is 1.12 bits per heavy atom. The first-order chi connectivity index (χ1) is 15.3. The number of rotatable bonds is 6. The Hall–Kier alpha value is -2.52. The van der Waals surface area contributed by atoms with E-state index in [2.05, 4.69) is 36.2 Å². The molecule has 0 spiro atoms. The molecule has 1 aromatic carbocycles. The van der Waals surface area contributed by atoms with Crippen molar-refractivity contribution in [2.24, 2.45) is 5.14 Å². The molecule has 13 heteroatoms. The van der Waals surface area contributed by atoms with Crippen molar-refractivity contribution >= 4 is 21.5 Å². The minimum Gasteiger partial charge on any atom is -0.387 e. The molecule has 170 valence electrons. The molecular weight excluding hydrogens is 440 g/mol. The third-order valence-electron chi connectivity index (χ3n) is 5.72. The fourth-order valence-corrected chi connectivity index (χ4v) is 4.51. The monoisotopic (exact) mass is 462 g/mol. The number of imidazole rings is 1. The Balaban J connectivity index is 1.36. The summed E-state index contributed by atoms with van der Waals surface area (Å²) >= 11 is 0. The van der Waals surface area contributed by atoms with Gasteiger partial charge in [-0.2, -0.15) is 8.42 Å².